The van der Waals surface area contributed by atoms with Crippen molar-refractivity contribution in [3.8, 4) is 5.69 Å². The predicted octanol–water partition coefficient (Wildman–Crippen LogP) is 6.05. The number of rotatable bonds is 7. The van der Waals surface area contributed by atoms with Gasteiger partial charge < -0.3 is 10.1 Å². The number of halogens is 1. The van der Waals surface area contributed by atoms with Crippen LogP contribution in [0.25, 0.3) is 16.5 Å². The Morgan fingerprint density at radius 3 is 2.16 bits per heavy atom. The summed E-state index contributed by atoms with van der Waals surface area (Å²) in [5.74, 6) is -1.58. The number of amides is 1. The lowest BCUT2D eigenvalue weighted by atomic mass is 9.90. The molecule has 5 rings (SSSR count). The zero-order chi connectivity index (χ0) is 26.6. The molecule has 1 N–H and O–H groups in total. The number of carbonyl (C=O) groups is 2. The molecular weight excluding hydrogens is 522 g/mol. The summed E-state index contributed by atoms with van der Waals surface area (Å²) in [7, 11) is 0. The lowest BCUT2D eigenvalue weighted by molar-refractivity contribution is -0.116. The van der Waals surface area contributed by atoms with Crippen LogP contribution in [0.5, 0.6) is 0 Å². The van der Waals surface area contributed by atoms with E-state index < -0.39 is 17.4 Å². The van der Waals surface area contributed by atoms with E-state index >= 15 is 0 Å². The fourth-order valence-corrected chi connectivity index (χ4v) is 5.29. The average molecular weight is 544 g/mol. The number of hydrogen-bond donors (Lipinski definition) is 1. The Morgan fingerprint density at radius 1 is 0.974 bits per heavy atom. The molecule has 0 saturated carbocycles. The highest BCUT2D eigenvalue weighted by Crippen LogP contribution is 2.33. The van der Waals surface area contributed by atoms with Gasteiger partial charge in [-0.1, -0.05) is 72.3 Å². The van der Waals surface area contributed by atoms with E-state index in [0.717, 1.165) is 27.1 Å². The predicted molar refractivity (Wildman–Crippen MR) is 150 cm³/mol. The monoisotopic (exact) mass is 543 g/mol. The van der Waals surface area contributed by atoms with Crippen LogP contribution in [0.4, 0.5) is 5.00 Å². The molecule has 0 spiro atoms. The highest BCUT2D eigenvalue weighted by Gasteiger charge is 2.27. The highest BCUT2D eigenvalue weighted by atomic mass is 35.5. The van der Waals surface area contributed by atoms with Gasteiger partial charge >= 0.3 is 5.97 Å². The first-order chi connectivity index (χ1) is 18.5. The topological polar surface area (TPSA) is 90.3 Å². The average Bonchev–Trinajstić information content (AvgIpc) is 3.35. The molecule has 1 amide bonds. The van der Waals surface area contributed by atoms with Crippen molar-refractivity contribution < 1.29 is 14.3 Å². The van der Waals surface area contributed by atoms with Crippen molar-refractivity contribution in [3.63, 3.8) is 0 Å². The maximum atomic E-state index is 13.7. The molecule has 3 aromatic carbocycles. The van der Waals surface area contributed by atoms with Crippen LogP contribution in [0, 0.1) is 0 Å². The third-order valence-corrected chi connectivity index (χ3v) is 7.10. The van der Waals surface area contributed by atoms with Gasteiger partial charge in [0.2, 0.25) is 5.91 Å². The third kappa shape index (κ3) is 4.96. The molecule has 2 heterocycles. The molecule has 0 aliphatic heterocycles. The number of carbonyl (C=O) groups excluding carboxylic acids is 2. The van der Waals surface area contributed by atoms with Gasteiger partial charge in [0.25, 0.3) is 5.56 Å². The fraction of sp³-hybridized carbons (Fsp3) is 0.103. The van der Waals surface area contributed by atoms with E-state index in [1.54, 1.807) is 36.6 Å². The minimum atomic E-state index is -0.665. The summed E-state index contributed by atoms with van der Waals surface area (Å²) < 4.78 is 6.33. The van der Waals surface area contributed by atoms with E-state index in [1.807, 2.05) is 60.7 Å². The van der Waals surface area contributed by atoms with Crippen molar-refractivity contribution in [2.75, 3.05) is 11.9 Å². The number of fused-ring (bicyclic) bond motifs is 1. The van der Waals surface area contributed by atoms with Gasteiger partial charge in [0, 0.05) is 15.8 Å². The molecule has 2 aromatic heterocycles. The number of ether oxygens (including phenoxy) is 1. The van der Waals surface area contributed by atoms with Gasteiger partial charge in [0.05, 0.1) is 23.6 Å². The molecular formula is C29H22ClN3O4S. The largest absolute Gasteiger partial charge is 0.461 e. The summed E-state index contributed by atoms with van der Waals surface area (Å²) in [5.41, 5.74) is 1.54. The lowest BCUT2D eigenvalue weighted by Gasteiger charge is -2.17. The summed E-state index contributed by atoms with van der Waals surface area (Å²) in [6.07, 6.45) is 0. The van der Waals surface area contributed by atoms with Crippen LogP contribution >= 0.6 is 22.9 Å². The van der Waals surface area contributed by atoms with Crippen molar-refractivity contribution in [2.45, 2.75) is 12.8 Å². The van der Waals surface area contributed by atoms with Crippen molar-refractivity contribution >= 4 is 50.6 Å². The minimum Gasteiger partial charge on any atom is -0.461 e. The summed E-state index contributed by atoms with van der Waals surface area (Å²) in [4.78, 5) is 40.2. The van der Waals surface area contributed by atoms with Crippen molar-refractivity contribution in [3.05, 3.63) is 123 Å². The SMILES string of the molecule is CCOC(=O)c1nn(-c2ccc(Cl)cc2)c(=O)c2c(NC(=O)C(c3ccccc3)c3ccccc3)scc12. The first-order valence-electron chi connectivity index (χ1n) is 11.9. The molecule has 0 radical (unpaired) electrons. The normalized spacial score (nSPS) is 11.0. The number of anilines is 1. The smallest absolute Gasteiger partial charge is 0.359 e. The van der Waals surface area contributed by atoms with Crippen molar-refractivity contribution in [2.24, 2.45) is 0 Å². The van der Waals surface area contributed by atoms with Crippen LogP contribution in [0.15, 0.2) is 95.1 Å². The quantitative estimate of drug-likeness (QED) is 0.252. The molecule has 0 fully saturated rings. The molecule has 190 valence electrons. The first kappa shape index (κ1) is 25.4. The van der Waals surface area contributed by atoms with Crippen LogP contribution in [-0.4, -0.2) is 28.3 Å². The molecule has 7 nitrogen and oxygen atoms in total. The Labute approximate surface area is 227 Å². The number of benzene rings is 3. The van der Waals surface area contributed by atoms with E-state index in [1.165, 1.54) is 0 Å². The number of nitrogens with zero attached hydrogens (tertiary/aromatic N) is 2. The fourth-order valence-electron chi connectivity index (χ4n) is 4.22. The van der Waals surface area contributed by atoms with Gasteiger partial charge in [0.1, 0.15) is 5.00 Å². The van der Waals surface area contributed by atoms with Crippen LogP contribution in [-0.2, 0) is 9.53 Å². The van der Waals surface area contributed by atoms with Crippen molar-refractivity contribution in [1.82, 2.24) is 9.78 Å². The van der Waals surface area contributed by atoms with Gasteiger partial charge in [-0.15, -0.1) is 11.3 Å². The van der Waals surface area contributed by atoms with Gasteiger partial charge in [-0.3, -0.25) is 9.59 Å². The summed E-state index contributed by atoms with van der Waals surface area (Å²) in [5, 5.41) is 10.2. The van der Waals surface area contributed by atoms with E-state index in [0.29, 0.717) is 21.1 Å². The standard InChI is InChI=1S/C29H22ClN3O4S/c1-2-37-29(36)25-22-17-38-27(24(22)28(35)33(32-25)21-15-13-20(30)14-16-21)31-26(34)23(18-9-5-3-6-10-18)19-11-7-4-8-12-19/h3-17,23H,2H2,1H3,(H,31,34). The van der Waals surface area contributed by atoms with Gasteiger partial charge in [-0.2, -0.15) is 9.78 Å². The molecule has 0 bridgehead atoms. The maximum Gasteiger partial charge on any atom is 0.359 e. The number of nitrogens with one attached hydrogen (secondary N) is 1. The number of aromatic nitrogens is 2. The lowest BCUT2D eigenvalue weighted by Crippen LogP contribution is -2.26. The van der Waals surface area contributed by atoms with Crippen molar-refractivity contribution in [1.29, 1.82) is 0 Å². The molecule has 5 aromatic rings. The minimum absolute atomic E-state index is 0.0178. The molecule has 9 heteroatoms. The van der Waals surface area contributed by atoms with Gasteiger partial charge in [-0.25, -0.2) is 4.79 Å². The number of thiophene rings is 1. The molecule has 0 unspecified atom stereocenters. The van der Waals surface area contributed by atoms with E-state index in [4.69, 9.17) is 16.3 Å². The van der Waals surface area contributed by atoms with Crippen LogP contribution in [0.2, 0.25) is 5.02 Å². The third-order valence-electron chi connectivity index (χ3n) is 5.96. The van der Waals surface area contributed by atoms with E-state index in [-0.39, 0.29) is 23.6 Å². The second-order valence-electron chi connectivity index (χ2n) is 8.36. The summed E-state index contributed by atoms with van der Waals surface area (Å²) in [6.45, 7) is 1.84. The van der Waals surface area contributed by atoms with Crippen LogP contribution < -0.4 is 10.9 Å². The van der Waals surface area contributed by atoms with Gasteiger partial charge in [0.15, 0.2) is 5.69 Å². The summed E-state index contributed by atoms with van der Waals surface area (Å²) in [6, 6.07) is 25.3. The Balaban J connectivity index is 1.64. The zero-order valence-electron chi connectivity index (χ0n) is 20.3. The number of hydrogen-bond acceptors (Lipinski definition) is 6. The summed E-state index contributed by atoms with van der Waals surface area (Å²) >= 11 is 7.18. The second-order valence-corrected chi connectivity index (χ2v) is 9.68. The van der Waals surface area contributed by atoms with Crippen LogP contribution in [0.1, 0.15) is 34.5 Å². The molecule has 0 aliphatic rings. The Kier molecular flexibility index (Phi) is 7.35. The Bertz CT molecular complexity index is 1630. The molecule has 0 aliphatic carbocycles. The molecule has 0 saturated heterocycles. The van der Waals surface area contributed by atoms with E-state index in [2.05, 4.69) is 10.4 Å². The zero-order valence-corrected chi connectivity index (χ0v) is 21.8. The molecule has 0 atom stereocenters. The highest BCUT2D eigenvalue weighted by molar-refractivity contribution is 7.16. The van der Waals surface area contributed by atoms with E-state index in [9.17, 15) is 14.4 Å². The second kappa shape index (κ2) is 11.0. The Morgan fingerprint density at radius 2 is 1.58 bits per heavy atom. The number of esters is 1. The maximum absolute atomic E-state index is 13.7. The van der Waals surface area contributed by atoms with Gasteiger partial charge in [-0.05, 0) is 42.3 Å². The molecule has 38 heavy (non-hydrogen) atoms. The van der Waals surface area contributed by atoms with Crippen LogP contribution in [0.3, 0.4) is 0 Å². The first-order valence-corrected chi connectivity index (χ1v) is 13.1. The Hall–Kier alpha value is -4.27.